The van der Waals surface area contributed by atoms with E-state index in [2.05, 4.69) is 37.3 Å². The van der Waals surface area contributed by atoms with Crippen LogP contribution in [0.1, 0.15) is 417 Å². The first kappa shape index (κ1) is 68.2. The minimum Gasteiger partial charge on any atom is -0.0654 e. The van der Waals surface area contributed by atoms with Gasteiger partial charge >= 0.3 is 0 Å². The third-order valence-corrected chi connectivity index (χ3v) is 16.9. The van der Waals surface area contributed by atoms with E-state index in [0.717, 1.165) is 0 Å². The molecule has 0 aliphatic heterocycles. The van der Waals surface area contributed by atoms with Gasteiger partial charge in [-0.15, -0.1) is 0 Å². The van der Waals surface area contributed by atoms with Crippen molar-refractivity contribution in [1.82, 2.24) is 0 Å². The molecule has 0 radical (unpaired) electrons. The zero-order chi connectivity index (χ0) is 50.4. The largest absolute Gasteiger partial charge is 0.0654 e. The lowest BCUT2D eigenvalue weighted by molar-refractivity contribution is 0.506. The van der Waals surface area contributed by atoms with Gasteiger partial charge in [-0.05, 0) is 18.4 Å². The monoisotopic (exact) mass is 989 g/mol. The summed E-state index contributed by atoms with van der Waals surface area (Å²) in [6, 6.07) is 11.0. The summed E-state index contributed by atoms with van der Waals surface area (Å²) in [5, 5.41) is 0. The first-order chi connectivity index (χ1) is 35.4. The molecule has 420 valence electrons. The molecule has 71 heavy (non-hydrogen) atoms. The summed E-state index contributed by atoms with van der Waals surface area (Å²) in [4.78, 5) is 0. The molecular formula is C71H136. The second kappa shape index (κ2) is 63.5. The van der Waals surface area contributed by atoms with E-state index in [1.165, 1.54) is 416 Å². The average Bonchev–Trinajstić information content (AvgIpc) is 3.39. The summed E-state index contributed by atoms with van der Waals surface area (Å²) in [6.45, 7) is 2.31. The fourth-order valence-corrected chi connectivity index (χ4v) is 11.8. The number of benzene rings is 1. The van der Waals surface area contributed by atoms with E-state index >= 15 is 0 Å². The standard InChI is InChI=1S/C71H136/c1-2-3-4-5-6-7-8-9-10-11-12-13-14-15-16-17-18-19-20-21-22-23-24-25-26-27-28-29-30-31-32-33-34-35-36-37-38-39-40-41-42-43-44-45-46-47-48-49-50-51-52-53-54-55-56-57-58-59-60-61-62-63-65-68-71-69-66-64-67-70-71/h64,66-67,69-70H,2-63,65,68H2,1H3. The van der Waals surface area contributed by atoms with Gasteiger partial charge in [0.25, 0.3) is 0 Å². The van der Waals surface area contributed by atoms with Crippen molar-refractivity contribution in [3.8, 4) is 0 Å². The van der Waals surface area contributed by atoms with Crippen molar-refractivity contribution < 1.29 is 0 Å². The smallest absolute Gasteiger partial charge is 0.0279 e. The summed E-state index contributed by atoms with van der Waals surface area (Å²) in [7, 11) is 0. The van der Waals surface area contributed by atoms with Crippen molar-refractivity contribution in [3.63, 3.8) is 0 Å². The lowest BCUT2D eigenvalue weighted by Crippen LogP contribution is -1.86. The van der Waals surface area contributed by atoms with Crippen molar-refractivity contribution in [1.29, 1.82) is 0 Å². The molecule has 0 unspecified atom stereocenters. The molecule has 0 aliphatic rings. The Bertz CT molecular complexity index is 1030. The van der Waals surface area contributed by atoms with Crippen LogP contribution in [-0.2, 0) is 6.42 Å². The van der Waals surface area contributed by atoms with Crippen LogP contribution in [0.2, 0.25) is 0 Å². The van der Waals surface area contributed by atoms with Gasteiger partial charge < -0.3 is 0 Å². The number of rotatable bonds is 64. The van der Waals surface area contributed by atoms with Crippen LogP contribution in [0.5, 0.6) is 0 Å². The molecule has 0 saturated heterocycles. The SMILES string of the molecule is CCCCCCCCCCCCCCCCCCCCCCCCCCCCCCCCCCCCCCCCCCCCCCCCCCCCCCCCCCCCCCCCCc1ccccc1. The number of unbranched alkanes of at least 4 members (excludes halogenated alkanes) is 62. The first-order valence-electron chi connectivity index (χ1n) is 34.5. The van der Waals surface area contributed by atoms with E-state index in [9.17, 15) is 0 Å². The first-order valence-corrected chi connectivity index (χ1v) is 34.5. The van der Waals surface area contributed by atoms with Crippen LogP contribution in [0.15, 0.2) is 30.3 Å². The van der Waals surface area contributed by atoms with Crippen molar-refractivity contribution in [2.75, 3.05) is 0 Å². The molecule has 0 N–H and O–H groups in total. The molecule has 0 spiro atoms. The van der Waals surface area contributed by atoms with Gasteiger partial charge in [0.1, 0.15) is 0 Å². The maximum absolute atomic E-state index is 2.31. The minimum absolute atomic E-state index is 1.26. The highest BCUT2D eigenvalue weighted by atomic mass is 14.1. The third-order valence-electron chi connectivity index (χ3n) is 16.9. The lowest BCUT2D eigenvalue weighted by atomic mass is 10.0. The molecule has 0 heterocycles. The molecule has 1 aromatic rings. The van der Waals surface area contributed by atoms with Gasteiger partial charge in [-0.3, -0.25) is 0 Å². The van der Waals surface area contributed by atoms with E-state index < -0.39 is 0 Å². The number of aryl methyl sites for hydroxylation is 1. The van der Waals surface area contributed by atoms with Crippen LogP contribution in [0.25, 0.3) is 0 Å². The molecule has 0 nitrogen and oxygen atoms in total. The van der Waals surface area contributed by atoms with Gasteiger partial charge in [0.2, 0.25) is 0 Å². The highest BCUT2D eigenvalue weighted by Gasteiger charge is 2.01. The lowest BCUT2D eigenvalue weighted by Gasteiger charge is -2.05. The predicted molar refractivity (Wildman–Crippen MR) is 327 cm³/mol. The number of hydrogen-bond acceptors (Lipinski definition) is 0. The Balaban J connectivity index is 1.59. The van der Waals surface area contributed by atoms with Crippen LogP contribution in [0.4, 0.5) is 0 Å². The Kier molecular flexibility index (Phi) is 61.0. The van der Waals surface area contributed by atoms with Crippen molar-refractivity contribution in [2.24, 2.45) is 0 Å². The minimum atomic E-state index is 1.26. The maximum atomic E-state index is 2.31. The fourth-order valence-electron chi connectivity index (χ4n) is 11.8. The van der Waals surface area contributed by atoms with Gasteiger partial charge in [-0.1, -0.05) is 435 Å². The van der Waals surface area contributed by atoms with Crippen LogP contribution >= 0.6 is 0 Å². The molecular weight excluding hydrogens is 853 g/mol. The molecule has 0 heteroatoms. The Morgan fingerprint density at radius 1 is 0.155 bits per heavy atom. The quantitative estimate of drug-likeness (QED) is 0.0571. The second-order valence-corrected chi connectivity index (χ2v) is 24.2. The van der Waals surface area contributed by atoms with Crippen molar-refractivity contribution >= 4 is 0 Å². The molecule has 0 bridgehead atoms. The molecule has 0 aliphatic carbocycles. The molecule has 0 fully saturated rings. The molecule has 1 rings (SSSR count). The Morgan fingerprint density at radius 2 is 0.282 bits per heavy atom. The van der Waals surface area contributed by atoms with Gasteiger partial charge in [0, 0.05) is 0 Å². The summed E-state index contributed by atoms with van der Waals surface area (Å²) < 4.78 is 0. The predicted octanol–water partition coefficient (Wildman–Crippen LogP) is 26.8. The summed E-state index contributed by atoms with van der Waals surface area (Å²) >= 11 is 0. The van der Waals surface area contributed by atoms with E-state index in [-0.39, 0.29) is 0 Å². The van der Waals surface area contributed by atoms with E-state index in [1.54, 1.807) is 0 Å². The maximum Gasteiger partial charge on any atom is -0.0279 e. The van der Waals surface area contributed by atoms with E-state index in [4.69, 9.17) is 0 Å². The van der Waals surface area contributed by atoms with E-state index in [1.807, 2.05) is 0 Å². The van der Waals surface area contributed by atoms with Gasteiger partial charge in [0.15, 0.2) is 0 Å². The zero-order valence-electron chi connectivity index (χ0n) is 49.6. The Labute approximate surface area is 451 Å². The van der Waals surface area contributed by atoms with Gasteiger partial charge in [-0.2, -0.15) is 0 Å². The average molecular weight is 990 g/mol. The van der Waals surface area contributed by atoms with E-state index in [0.29, 0.717) is 0 Å². The second-order valence-electron chi connectivity index (χ2n) is 24.2. The topological polar surface area (TPSA) is 0 Å². The molecule has 1 aromatic carbocycles. The van der Waals surface area contributed by atoms with Crippen LogP contribution < -0.4 is 0 Å². The van der Waals surface area contributed by atoms with Crippen LogP contribution in [0.3, 0.4) is 0 Å². The normalized spacial score (nSPS) is 11.7. The molecule has 0 saturated carbocycles. The van der Waals surface area contributed by atoms with Crippen LogP contribution in [-0.4, -0.2) is 0 Å². The van der Waals surface area contributed by atoms with Crippen molar-refractivity contribution in [3.05, 3.63) is 35.9 Å². The third kappa shape index (κ3) is 60.0. The zero-order valence-corrected chi connectivity index (χ0v) is 49.6. The summed E-state index contributed by atoms with van der Waals surface area (Å²) in [5.41, 5.74) is 1.51. The summed E-state index contributed by atoms with van der Waals surface area (Å²) in [5.74, 6) is 0. The molecule has 0 amide bonds. The highest BCUT2D eigenvalue weighted by molar-refractivity contribution is 5.14. The number of hydrogen-bond donors (Lipinski definition) is 0. The summed E-state index contributed by atoms with van der Waals surface area (Å²) in [6.07, 6.45) is 94.8. The van der Waals surface area contributed by atoms with Gasteiger partial charge in [0.05, 0.1) is 0 Å². The highest BCUT2D eigenvalue weighted by Crippen LogP contribution is 2.20. The molecule has 0 atom stereocenters. The van der Waals surface area contributed by atoms with Crippen LogP contribution in [0, 0.1) is 0 Å². The van der Waals surface area contributed by atoms with Crippen molar-refractivity contribution in [2.45, 2.75) is 418 Å². The Hall–Kier alpha value is -0.780. The molecule has 0 aromatic heterocycles. The fraction of sp³-hybridized carbons (Fsp3) is 0.915. The van der Waals surface area contributed by atoms with Gasteiger partial charge in [-0.25, -0.2) is 0 Å². The Morgan fingerprint density at radius 3 is 0.423 bits per heavy atom.